The van der Waals surface area contributed by atoms with Gasteiger partial charge in [0.15, 0.2) is 15.8 Å². The summed E-state index contributed by atoms with van der Waals surface area (Å²) in [7, 11) is -1.24. The molecule has 1 saturated heterocycles. The van der Waals surface area contributed by atoms with Gasteiger partial charge in [0.2, 0.25) is 0 Å². The lowest BCUT2D eigenvalue weighted by Crippen LogP contribution is -2.50. The number of halogens is 3. The molecular formula is C20H29F3N4O2S. The zero-order valence-corrected chi connectivity index (χ0v) is 18.0. The molecule has 0 spiro atoms. The summed E-state index contributed by atoms with van der Waals surface area (Å²) in [6, 6.07) is 5.62. The Kier molecular flexibility index (Phi) is 6.96. The number of nitrogens with zero attached hydrogens (tertiary/aromatic N) is 2. The van der Waals surface area contributed by atoms with Gasteiger partial charge in [0.1, 0.15) is 0 Å². The fourth-order valence-corrected chi connectivity index (χ4v) is 5.25. The molecule has 1 heterocycles. The number of guanidine groups is 1. The van der Waals surface area contributed by atoms with Gasteiger partial charge in [-0.1, -0.05) is 24.6 Å². The minimum absolute atomic E-state index is 0.194. The largest absolute Gasteiger partial charge is 0.416 e. The van der Waals surface area contributed by atoms with E-state index in [1.54, 1.807) is 13.1 Å². The summed E-state index contributed by atoms with van der Waals surface area (Å²) in [6.45, 7) is 2.89. The molecule has 2 N–H and O–H groups in total. The van der Waals surface area contributed by atoms with Crippen LogP contribution in [-0.4, -0.2) is 70.6 Å². The zero-order valence-electron chi connectivity index (χ0n) is 17.1. The topological polar surface area (TPSA) is 73.8 Å². The van der Waals surface area contributed by atoms with Gasteiger partial charge in [0, 0.05) is 45.2 Å². The van der Waals surface area contributed by atoms with Crippen molar-refractivity contribution in [2.45, 2.75) is 30.9 Å². The Hall–Kier alpha value is -1.81. The Labute approximate surface area is 175 Å². The highest BCUT2D eigenvalue weighted by Gasteiger charge is 2.40. The number of aliphatic imine (C=N–C) groups is 1. The van der Waals surface area contributed by atoms with Crippen molar-refractivity contribution >= 4 is 15.8 Å². The molecule has 1 saturated carbocycles. The van der Waals surface area contributed by atoms with Gasteiger partial charge in [-0.15, -0.1) is 0 Å². The Morgan fingerprint density at radius 3 is 2.47 bits per heavy atom. The van der Waals surface area contributed by atoms with Gasteiger partial charge in [0.05, 0.1) is 17.1 Å². The van der Waals surface area contributed by atoms with E-state index in [1.165, 1.54) is 12.1 Å². The van der Waals surface area contributed by atoms with Crippen LogP contribution in [0.3, 0.4) is 0 Å². The standard InChI is InChI=1S/C20H29F3N4O2S/c1-24-18(25-8-9-27-10-12-30(28,29)13-11-27)26-15-19(6-3-7-19)16-4-2-5-17(14-16)20(21,22)23/h2,4-5,14H,3,6-13,15H2,1H3,(H2,24,25,26). The first-order valence-corrected chi connectivity index (χ1v) is 12.0. The van der Waals surface area contributed by atoms with Gasteiger partial charge in [-0.3, -0.25) is 9.89 Å². The van der Waals surface area contributed by atoms with Crippen molar-refractivity contribution in [3.8, 4) is 0 Å². The van der Waals surface area contributed by atoms with Crippen molar-refractivity contribution in [1.82, 2.24) is 15.5 Å². The second-order valence-electron chi connectivity index (χ2n) is 8.06. The molecule has 0 radical (unpaired) electrons. The Morgan fingerprint density at radius 2 is 1.90 bits per heavy atom. The minimum atomic E-state index is -4.35. The molecule has 0 amide bonds. The lowest BCUT2D eigenvalue weighted by molar-refractivity contribution is -0.137. The van der Waals surface area contributed by atoms with Crippen molar-refractivity contribution in [2.75, 3.05) is 51.3 Å². The molecule has 1 aromatic carbocycles. The number of nitrogens with one attached hydrogen (secondary N) is 2. The molecule has 1 aromatic rings. The molecule has 2 aliphatic rings. The van der Waals surface area contributed by atoms with Crippen LogP contribution in [0.15, 0.2) is 29.3 Å². The molecule has 6 nitrogen and oxygen atoms in total. The van der Waals surface area contributed by atoms with Crippen LogP contribution in [0.2, 0.25) is 0 Å². The molecular weight excluding hydrogens is 417 g/mol. The molecule has 0 bridgehead atoms. The lowest BCUT2D eigenvalue weighted by Gasteiger charge is -2.43. The van der Waals surface area contributed by atoms with Crippen molar-refractivity contribution in [3.63, 3.8) is 0 Å². The number of sulfone groups is 1. The van der Waals surface area contributed by atoms with E-state index in [4.69, 9.17) is 0 Å². The van der Waals surface area contributed by atoms with Crippen LogP contribution in [0, 0.1) is 0 Å². The summed E-state index contributed by atoms with van der Waals surface area (Å²) in [4.78, 5) is 6.30. The lowest BCUT2D eigenvalue weighted by atomic mass is 9.64. The van der Waals surface area contributed by atoms with Crippen molar-refractivity contribution in [3.05, 3.63) is 35.4 Å². The number of hydrogen-bond donors (Lipinski definition) is 2. The third-order valence-corrected chi connectivity index (χ3v) is 7.70. The predicted octanol–water partition coefficient (Wildman–Crippen LogP) is 2.02. The minimum Gasteiger partial charge on any atom is -0.356 e. The summed E-state index contributed by atoms with van der Waals surface area (Å²) in [5, 5.41) is 6.48. The van der Waals surface area contributed by atoms with Crippen LogP contribution in [0.1, 0.15) is 30.4 Å². The van der Waals surface area contributed by atoms with Gasteiger partial charge in [-0.05, 0) is 24.5 Å². The first-order valence-electron chi connectivity index (χ1n) is 10.2. The second-order valence-corrected chi connectivity index (χ2v) is 10.4. The van der Waals surface area contributed by atoms with E-state index in [1.807, 2.05) is 0 Å². The molecule has 0 unspecified atom stereocenters. The quantitative estimate of drug-likeness (QED) is 0.517. The van der Waals surface area contributed by atoms with Crippen LogP contribution >= 0.6 is 0 Å². The van der Waals surface area contributed by atoms with E-state index in [0.717, 1.165) is 25.3 Å². The molecule has 0 atom stereocenters. The number of alkyl halides is 3. The maximum atomic E-state index is 13.1. The van der Waals surface area contributed by atoms with E-state index in [9.17, 15) is 21.6 Å². The van der Waals surface area contributed by atoms with Crippen molar-refractivity contribution in [1.29, 1.82) is 0 Å². The average Bonchev–Trinajstić information content (AvgIpc) is 2.66. The summed E-state index contributed by atoms with van der Waals surface area (Å²) in [5.74, 6) is 0.983. The maximum absolute atomic E-state index is 13.1. The third-order valence-electron chi connectivity index (χ3n) is 6.09. The first kappa shape index (κ1) is 22.9. The average molecular weight is 447 g/mol. The summed E-state index contributed by atoms with van der Waals surface area (Å²) in [6.07, 6.45) is -1.69. The van der Waals surface area contributed by atoms with E-state index in [0.29, 0.717) is 44.2 Å². The Balaban J connectivity index is 1.52. The fourth-order valence-electron chi connectivity index (χ4n) is 3.98. The van der Waals surface area contributed by atoms with Gasteiger partial charge < -0.3 is 10.6 Å². The Morgan fingerprint density at radius 1 is 1.20 bits per heavy atom. The van der Waals surface area contributed by atoms with Gasteiger partial charge in [0.25, 0.3) is 0 Å². The summed E-state index contributed by atoms with van der Waals surface area (Å²) < 4.78 is 62.3. The number of hydrogen-bond acceptors (Lipinski definition) is 4. The van der Waals surface area contributed by atoms with Gasteiger partial charge in [-0.2, -0.15) is 13.2 Å². The van der Waals surface area contributed by atoms with Gasteiger partial charge in [-0.25, -0.2) is 8.42 Å². The van der Waals surface area contributed by atoms with Crippen LogP contribution in [-0.2, 0) is 21.4 Å². The SMILES string of the molecule is CN=C(NCCN1CCS(=O)(=O)CC1)NCC1(c2cccc(C(F)(F)F)c2)CCC1. The third kappa shape index (κ3) is 5.66. The molecule has 30 heavy (non-hydrogen) atoms. The second kappa shape index (κ2) is 9.13. The molecule has 1 aliphatic heterocycles. The summed E-state index contributed by atoms with van der Waals surface area (Å²) in [5.41, 5.74) is -0.224. The fraction of sp³-hybridized carbons (Fsp3) is 0.650. The van der Waals surface area contributed by atoms with Crippen LogP contribution in [0.25, 0.3) is 0 Å². The van der Waals surface area contributed by atoms with Crippen LogP contribution in [0.4, 0.5) is 13.2 Å². The van der Waals surface area contributed by atoms with E-state index >= 15 is 0 Å². The predicted molar refractivity (Wildman–Crippen MR) is 111 cm³/mol. The van der Waals surface area contributed by atoms with E-state index < -0.39 is 21.6 Å². The van der Waals surface area contributed by atoms with Crippen molar-refractivity contribution in [2.24, 2.45) is 4.99 Å². The van der Waals surface area contributed by atoms with Crippen LogP contribution < -0.4 is 10.6 Å². The maximum Gasteiger partial charge on any atom is 0.416 e. The molecule has 3 rings (SSSR count). The molecule has 0 aromatic heterocycles. The summed E-state index contributed by atoms with van der Waals surface area (Å²) >= 11 is 0. The van der Waals surface area contributed by atoms with Crippen LogP contribution in [0.5, 0.6) is 0 Å². The molecule has 1 aliphatic carbocycles. The van der Waals surface area contributed by atoms with Crippen molar-refractivity contribution < 1.29 is 21.6 Å². The number of rotatable bonds is 6. The highest BCUT2D eigenvalue weighted by Crippen LogP contribution is 2.44. The highest BCUT2D eigenvalue weighted by atomic mass is 32.2. The van der Waals surface area contributed by atoms with Gasteiger partial charge >= 0.3 is 6.18 Å². The molecule has 2 fully saturated rings. The first-order chi connectivity index (χ1) is 14.1. The zero-order chi connectivity index (χ0) is 21.8. The monoisotopic (exact) mass is 446 g/mol. The molecule has 168 valence electrons. The Bertz CT molecular complexity index is 853. The molecule has 10 heteroatoms. The smallest absolute Gasteiger partial charge is 0.356 e. The highest BCUT2D eigenvalue weighted by molar-refractivity contribution is 7.91. The van der Waals surface area contributed by atoms with E-state index in [-0.39, 0.29) is 16.9 Å². The normalized spacial score (nSPS) is 21.7. The van der Waals surface area contributed by atoms with E-state index in [2.05, 4.69) is 20.5 Å². The number of benzene rings is 1.